The molecule has 0 radical (unpaired) electrons. The molecule has 0 unspecified atom stereocenters. The molecule has 6 nitrogen and oxygen atoms in total. The molecule has 0 spiro atoms. The second-order valence-electron chi connectivity index (χ2n) is 4.53. The highest BCUT2D eigenvalue weighted by molar-refractivity contribution is 5.73. The van der Waals surface area contributed by atoms with Crippen molar-refractivity contribution in [1.29, 1.82) is 0 Å². The number of unbranched alkanes of at least 4 members (excludes halogenated alkanes) is 1. The molecule has 0 aromatic heterocycles. The molecule has 0 aliphatic carbocycles. The van der Waals surface area contributed by atoms with E-state index < -0.39 is 0 Å². The predicted molar refractivity (Wildman–Crippen MR) is 73.5 cm³/mol. The molecule has 0 fully saturated rings. The Morgan fingerprint density at radius 3 is 1.74 bits per heavy atom. The highest BCUT2D eigenvalue weighted by Gasteiger charge is 2.07. The predicted octanol–water partition coefficient (Wildman–Crippen LogP) is 0.277. The molecular formula is C13H25N3O3. The van der Waals surface area contributed by atoms with Gasteiger partial charge in [-0.25, -0.2) is 0 Å². The molecule has 0 saturated carbocycles. The molecule has 19 heavy (non-hydrogen) atoms. The van der Waals surface area contributed by atoms with E-state index in [1.807, 2.05) is 0 Å². The Labute approximate surface area is 114 Å². The minimum absolute atomic E-state index is 0.0290. The number of nitrogens with zero attached hydrogens (tertiary/aromatic N) is 1. The Balaban J connectivity index is 3.71. The molecule has 0 rings (SSSR count). The van der Waals surface area contributed by atoms with Crippen LogP contribution >= 0.6 is 0 Å². The second kappa shape index (κ2) is 10.3. The van der Waals surface area contributed by atoms with Crippen molar-refractivity contribution in [3.63, 3.8) is 0 Å². The van der Waals surface area contributed by atoms with Crippen LogP contribution in [0.2, 0.25) is 0 Å². The van der Waals surface area contributed by atoms with Crippen LogP contribution in [0.15, 0.2) is 0 Å². The van der Waals surface area contributed by atoms with Crippen LogP contribution in [0.25, 0.3) is 0 Å². The minimum Gasteiger partial charge on any atom is -0.356 e. The van der Waals surface area contributed by atoms with Crippen LogP contribution in [0.5, 0.6) is 0 Å². The number of hydrogen-bond donors (Lipinski definition) is 2. The van der Waals surface area contributed by atoms with Gasteiger partial charge in [-0.3, -0.25) is 14.4 Å². The van der Waals surface area contributed by atoms with Crippen molar-refractivity contribution in [2.24, 2.45) is 0 Å². The maximum absolute atomic E-state index is 11.4. The van der Waals surface area contributed by atoms with Crippen LogP contribution in [-0.4, -0.2) is 48.8 Å². The zero-order valence-corrected chi connectivity index (χ0v) is 12.1. The van der Waals surface area contributed by atoms with E-state index in [1.54, 1.807) is 11.8 Å². The van der Waals surface area contributed by atoms with Gasteiger partial charge in [0.15, 0.2) is 0 Å². The van der Waals surface area contributed by atoms with Gasteiger partial charge in [-0.2, -0.15) is 0 Å². The summed E-state index contributed by atoms with van der Waals surface area (Å²) in [6.07, 6.45) is 2.47. The minimum atomic E-state index is -0.0512. The van der Waals surface area contributed by atoms with Crippen LogP contribution in [0, 0.1) is 0 Å². The van der Waals surface area contributed by atoms with Crippen LogP contribution in [0.1, 0.15) is 40.0 Å². The lowest BCUT2D eigenvalue weighted by atomic mass is 10.2. The van der Waals surface area contributed by atoms with Crippen molar-refractivity contribution in [3.05, 3.63) is 0 Å². The summed E-state index contributed by atoms with van der Waals surface area (Å²) in [5, 5.41) is 5.43. The van der Waals surface area contributed by atoms with E-state index in [4.69, 9.17) is 0 Å². The molecule has 0 aliphatic rings. The quantitative estimate of drug-likeness (QED) is 0.591. The van der Waals surface area contributed by atoms with E-state index in [1.165, 1.54) is 13.8 Å². The molecule has 0 aromatic carbocycles. The standard InChI is InChI=1S/C13H25N3O3/c1-11(17)14-7-4-5-9-16(13(3)19)10-6-8-15-12(2)18/h4-10H2,1-3H3,(H,14,17)(H,15,18). The maximum atomic E-state index is 11.4. The number of carbonyl (C=O) groups excluding carboxylic acids is 3. The van der Waals surface area contributed by atoms with Crippen LogP contribution in [0.3, 0.4) is 0 Å². The summed E-state index contributed by atoms with van der Waals surface area (Å²) in [5.74, 6) is -0.0363. The first-order chi connectivity index (χ1) is 8.93. The normalized spacial score (nSPS) is 9.84. The lowest BCUT2D eigenvalue weighted by molar-refractivity contribution is -0.129. The van der Waals surface area contributed by atoms with Gasteiger partial charge in [-0.1, -0.05) is 0 Å². The Kier molecular flexibility index (Phi) is 9.48. The number of hydrogen-bond acceptors (Lipinski definition) is 3. The molecule has 6 heteroatoms. The summed E-state index contributed by atoms with van der Waals surface area (Å²) in [6.45, 7) is 7.09. The van der Waals surface area contributed by atoms with E-state index in [0.717, 1.165) is 19.3 Å². The van der Waals surface area contributed by atoms with Gasteiger partial charge in [0.2, 0.25) is 17.7 Å². The number of rotatable bonds is 9. The lowest BCUT2D eigenvalue weighted by Crippen LogP contribution is -2.33. The Morgan fingerprint density at radius 2 is 1.26 bits per heavy atom. The molecule has 0 saturated heterocycles. The van der Waals surface area contributed by atoms with Gasteiger partial charge in [-0.05, 0) is 19.3 Å². The van der Waals surface area contributed by atoms with Gasteiger partial charge in [0, 0.05) is 47.0 Å². The number of amides is 3. The van der Waals surface area contributed by atoms with Gasteiger partial charge < -0.3 is 15.5 Å². The average Bonchev–Trinajstić information content (AvgIpc) is 2.30. The first-order valence-electron chi connectivity index (χ1n) is 6.68. The molecular weight excluding hydrogens is 246 g/mol. The van der Waals surface area contributed by atoms with E-state index in [-0.39, 0.29) is 17.7 Å². The second-order valence-corrected chi connectivity index (χ2v) is 4.53. The average molecular weight is 271 g/mol. The number of nitrogens with one attached hydrogen (secondary N) is 2. The molecule has 0 atom stereocenters. The van der Waals surface area contributed by atoms with Crippen LogP contribution < -0.4 is 10.6 Å². The van der Waals surface area contributed by atoms with E-state index >= 15 is 0 Å². The molecule has 110 valence electrons. The number of carbonyl (C=O) groups is 3. The topological polar surface area (TPSA) is 78.5 Å². The van der Waals surface area contributed by atoms with Gasteiger partial charge in [-0.15, -0.1) is 0 Å². The zero-order valence-electron chi connectivity index (χ0n) is 12.1. The van der Waals surface area contributed by atoms with Crippen molar-refractivity contribution in [3.8, 4) is 0 Å². The van der Waals surface area contributed by atoms with Crippen molar-refractivity contribution < 1.29 is 14.4 Å². The third-order valence-electron chi connectivity index (χ3n) is 2.65. The Bertz CT molecular complexity index is 306. The smallest absolute Gasteiger partial charge is 0.219 e. The molecule has 3 amide bonds. The van der Waals surface area contributed by atoms with Crippen molar-refractivity contribution >= 4 is 17.7 Å². The van der Waals surface area contributed by atoms with E-state index in [2.05, 4.69) is 10.6 Å². The Hall–Kier alpha value is -1.59. The van der Waals surface area contributed by atoms with Gasteiger partial charge in [0.05, 0.1) is 0 Å². The molecule has 2 N–H and O–H groups in total. The maximum Gasteiger partial charge on any atom is 0.219 e. The lowest BCUT2D eigenvalue weighted by Gasteiger charge is -2.21. The van der Waals surface area contributed by atoms with Crippen molar-refractivity contribution in [1.82, 2.24) is 15.5 Å². The fourth-order valence-electron chi connectivity index (χ4n) is 1.65. The van der Waals surface area contributed by atoms with Gasteiger partial charge >= 0.3 is 0 Å². The molecule has 0 bridgehead atoms. The van der Waals surface area contributed by atoms with Crippen LogP contribution in [-0.2, 0) is 14.4 Å². The third kappa shape index (κ3) is 11.2. The summed E-state index contributed by atoms with van der Waals surface area (Å²) in [6, 6.07) is 0. The van der Waals surface area contributed by atoms with Crippen molar-refractivity contribution in [2.45, 2.75) is 40.0 Å². The first-order valence-corrected chi connectivity index (χ1v) is 6.68. The fraction of sp³-hybridized carbons (Fsp3) is 0.769. The molecule has 0 aromatic rings. The van der Waals surface area contributed by atoms with E-state index in [9.17, 15) is 14.4 Å². The summed E-state index contributed by atoms with van der Waals surface area (Å²) < 4.78 is 0. The highest BCUT2D eigenvalue weighted by atomic mass is 16.2. The summed E-state index contributed by atoms with van der Waals surface area (Å²) >= 11 is 0. The first kappa shape index (κ1) is 17.4. The third-order valence-corrected chi connectivity index (χ3v) is 2.65. The zero-order chi connectivity index (χ0) is 14.7. The van der Waals surface area contributed by atoms with Crippen molar-refractivity contribution in [2.75, 3.05) is 26.2 Å². The summed E-state index contributed by atoms with van der Waals surface area (Å²) in [7, 11) is 0. The Morgan fingerprint density at radius 1 is 0.789 bits per heavy atom. The largest absolute Gasteiger partial charge is 0.356 e. The summed E-state index contributed by atoms with van der Waals surface area (Å²) in [5.41, 5.74) is 0. The van der Waals surface area contributed by atoms with E-state index in [0.29, 0.717) is 26.2 Å². The highest BCUT2D eigenvalue weighted by Crippen LogP contribution is 1.97. The monoisotopic (exact) mass is 271 g/mol. The van der Waals surface area contributed by atoms with Gasteiger partial charge in [0.1, 0.15) is 0 Å². The summed E-state index contributed by atoms with van der Waals surface area (Å²) in [4.78, 5) is 34.5. The van der Waals surface area contributed by atoms with Crippen LogP contribution in [0.4, 0.5) is 0 Å². The SMILES string of the molecule is CC(=O)NCCCCN(CCCNC(C)=O)C(C)=O. The molecule has 0 heterocycles. The fourth-order valence-corrected chi connectivity index (χ4v) is 1.65. The van der Waals surface area contributed by atoms with Gasteiger partial charge in [0.25, 0.3) is 0 Å². The molecule has 0 aliphatic heterocycles.